The van der Waals surface area contributed by atoms with Gasteiger partial charge in [0.25, 0.3) is 5.56 Å². The molecule has 3 heterocycles. The van der Waals surface area contributed by atoms with E-state index < -0.39 is 23.8 Å². The van der Waals surface area contributed by atoms with Gasteiger partial charge in [0.2, 0.25) is 0 Å². The molecular formula is C22H24FN5O3. The number of hydrogen-bond donors (Lipinski definition) is 1. The first kappa shape index (κ1) is 18.4. The van der Waals surface area contributed by atoms with Crippen LogP contribution in [0.4, 0.5) is 10.1 Å². The lowest BCUT2D eigenvalue weighted by Gasteiger charge is -2.36. The van der Waals surface area contributed by atoms with Crippen molar-refractivity contribution in [2.45, 2.75) is 19.8 Å². The molecule has 0 amide bonds. The fraction of sp³-hybridized carbons (Fsp3) is 0.364. The number of aryl methyl sites for hydroxylation is 1. The van der Waals surface area contributed by atoms with Crippen LogP contribution in [-0.4, -0.2) is 59.1 Å². The molecule has 1 fully saturated rings. The van der Waals surface area contributed by atoms with Gasteiger partial charge < -0.3 is 14.6 Å². The van der Waals surface area contributed by atoms with E-state index >= 15 is 4.39 Å². The highest BCUT2D eigenvalue weighted by molar-refractivity contribution is 5.87. The van der Waals surface area contributed by atoms with E-state index in [4.69, 9.17) is 2.74 Å². The molecule has 1 saturated heterocycles. The van der Waals surface area contributed by atoms with Crippen LogP contribution in [0.15, 0.2) is 35.3 Å². The molecule has 162 valence electrons. The Kier molecular flexibility index (Phi) is 5.24. The smallest absolute Gasteiger partial charge is 0.356 e. The first-order chi connectivity index (χ1) is 15.8. The zero-order valence-corrected chi connectivity index (χ0v) is 17.3. The third kappa shape index (κ3) is 4.27. The van der Waals surface area contributed by atoms with Gasteiger partial charge in [0.1, 0.15) is 16.9 Å². The third-order valence-electron chi connectivity index (χ3n) is 5.28. The predicted molar refractivity (Wildman–Crippen MR) is 115 cm³/mol. The first-order valence-electron chi connectivity index (χ1n) is 11.0. The zero-order valence-electron chi connectivity index (χ0n) is 19.3. The molecule has 0 radical (unpaired) electrons. The van der Waals surface area contributed by atoms with Gasteiger partial charge in [-0.25, -0.2) is 19.2 Å². The SMILES string of the molecule is [2H]C([2H])(c1ccc2nc(CC)c(=O)[nH]c2c1F)N1CCN(c2ccc(C(=O)OC)nc2)CC1. The van der Waals surface area contributed by atoms with Gasteiger partial charge in [-0.3, -0.25) is 9.69 Å². The van der Waals surface area contributed by atoms with Gasteiger partial charge in [-0.2, -0.15) is 0 Å². The number of fused-ring (bicyclic) bond motifs is 1. The number of carbonyl (C=O) groups is 1. The number of carbonyl (C=O) groups excluding carboxylic acids is 1. The normalized spacial score (nSPS) is 16.2. The summed E-state index contributed by atoms with van der Waals surface area (Å²) in [6.45, 7) is 1.37. The molecule has 0 spiro atoms. The Hall–Kier alpha value is -3.33. The molecular weight excluding hydrogens is 401 g/mol. The molecule has 9 heteroatoms. The van der Waals surface area contributed by atoms with Gasteiger partial charge in [0.15, 0.2) is 5.82 Å². The topological polar surface area (TPSA) is 91.4 Å². The average Bonchev–Trinajstić information content (AvgIpc) is 2.83. The van der Waals surface area contributed by atoms with Crippen molar-refractivity contribution in [1.29, 1.82) is 0 Å². The molecule has 31 heavy (non-hydrogen) atoms. The Morgan fingerprint density at radius 3 is 2.68 bits per heavy atom. The summed E-state index contributed by atoms with van der Waals surface area (Å²) in [5.74, 6) is -1.32. The van der Waals surface area contributed by atoms with Crippen LogP contribution in [0.25, 0.3) is 11.0 Å². The standard InChI is InChI=1S/C22H24FN5O3/c1-3-16-21(29)26-20-17(25-16)6-4-14(19(20)23)13-27-8-10-28(11-9-27)15-5-7-18(24-12-15)22(30)31-2/h4-7,12H,3,8-11,13H2,1-2H3,(H,26,29)/i13D2. The molecule has 3 aromatic rings. The number of hydrogen-bond acceptors (Lipinski definition) is 7. The van der Waals surface area contributed by atoms with Crippen molar-refractivity contribution in [2.75, 3.05) is 38.2 Å². The summed E-state index contributed by atoms with van der Waals surface area (Å²) >= 11 is 0. The highest BCUT2D eigenvalue weighted by atomic mass is 19.1. The van der Waals surface area contributed by atoms with Crippen molar-refractivity contribution >= 4 is 22.7 Å². The van der Waals surface area contributed by atoms with Crippen LogP contribution in [0.5, 0.6) is 0 Å². The Labute approximate surface area is 181 Å². The Bertz CT molecular complexity index is 1240. The minimum Gasteiger partial charge on any atom is -0.464 e. The monoisotopic (exact) mass is 427 g/mol. The summed E-state index contributed by atoms with van der Waals surface area (Å²) in [5.41, 5.74) is 0.904. The molecule has 0 aliphatic carbocycles. The molecule has 1 aromatic carbocycles. The van der Waals surface area contributed by atoms with E-state index in [2.05, 4.69) is 19.7 Å². The zero-order chi connectivity index (χ0) is 23.8. The highest BCUT2D eigenvalue weighted by Gasteiger charge is 2.20. The summed E-state index contributed by atoms with van der Waals surface area (Å²) in [4.78, 5) is 38.1. The van der Waals surface area contributed by atoms with Crippen LogP contribution in [0, 0.1) is 5.82 Å². The van der Waals surface area contributed by atoms with Crippen molar-refractivity contribution < 1.29 is 16.7 Å². The number of piperazine rings is 1. The predicted octanol–water partition coefficient (Wildman–Crippen LogP) is 2.13. The summed E-state index contributed by atoms with van der Waals surface area (Å²) in [6.07, 6.45) is 1.99. The van der Waals surface area contributed by atoms with Gasteiger partial charge in [-0.15, -0.1) is 0 Å². The van der Waals surface area contributed by atoms with Crippen molar-refractivity contribution in [3.8, 4) is 0 Å². The van der Waals surface area contributed by atoms with Crippen LogP contribution < -0.4 is 10.5 Å². The summed E-state index contributed by atoms with van der Waals surface area (Å²) in [7, 11) is 1.29. The summed E-state index contributed by atoms with van der Waals surface area (Å²) < 4.78 is 37.2. The number of ether oxygens (including phenoxy) is 1. The second kappa shape index (κ2) is 8.81. The van der Waals surface area contributed by atoms with E-state index in [0.717, 1.165) is 5.69 Å². The molecule has 2 aromatic heterocycles. The van der Waals surface area contributed by atoms with E-state index in [1.165, 1.54) is 19.2 Å². The quantitative estimate of drug-likeness (QED) is 0.624. The van der Waals surface area contributed by atoms with Gasteiger partial charge in [0.05, 0.1) is 24.5 Å². The summed E-state index contributed by atoms with van der Waals surface area (Å²) in [6, 6.07) is 6.27. The number of halogens is 1. The number of esters is 1. The van der Waals surface area contributed by atoms with Crippen LogP contribution in [-0.2, 0) is 17.7 Å². The molecule has 1 aliphatic rings. The fourth-order valence-corrected chi connectivity index (χ4v) is 3.53. The number of benzene rings is 1. The molecule has 0 unspecified atom stereocenters. The summed E-state index contributed by atoms with van der Waals surface area (Å²) in [5, 5.41) is 0. The first-order valence-corrected chi connectivity index (χ1v) is 10.0. The van der Waals surface area contributed by atoms with Crippen LogP contribution in [0.3, 0.4) is 0 Å². The largest absolute Gasteiger partial charge is 0.464 e. The minimum atomic E-state index is -2.09. The average molecular weight is 427 g/mol. The molecule has 4 rings (SSSR count). The van der Waals surface area contributed by atoms with E-state index in [1.807, 2.05) is 4.90 Å². The van der Waals surface area contributed by atoms with Crippen LogP contribution in [0.1, 0.15) is 31.4 Å². The maximum absolute atomic E-state index is 15.3. The number of methoxy groups -OCH3 is 1. The molecule has 0 bridgehead atoms. The molecule has 0 saturated carbocycles. The van der Waals surface area contributed by atoms with E-state index in [9.17, 15) is 9.59 Å². The van der Waals surface area contributed by atoms with E-state index in [1.54, 1.807) is 30.2 Å². The van der Waals surface area contributed by atoms with E-state index in [-0.39, 0.29) is 22.3 Å². The van der Waals surface area contributed by atoms with Gasteiger partial charge >= 0.3 is 5.97 Å². The van der Waals surface area contributed by atoms with Crippen molar-refractivity contribution in [1.82, 2.24) is 19.9 Å². The lowest BCUT2D eigenvalue weighted by Crippen LogP contribution is -2.46. The molecule has 0 atom stereocenters. The number of anilines is 1. The number of nitrogens with one attached hydrogen (secondary N) is 1. The number of aromatic amines is 1. The Morgan fingerprint density at radius 1 is 1.26 bits per heavy atom. The number of nitrogens with zero attached hydrogens (tertiary/aromatic N) is 4. The second-order valence-electron chi connectivity index (χ2n) is 7.17. The minimum absolute atomic E-state index is 0.0889. The molecule has 1 aliphatic heterocycles. The third-order valence-corrected chi connectivity index (χ3v) is 5.28. The second-order valence-corrected chi connectivity index (χ2v) is 7.17. The maximum atomic E-state index is 15.3. The number of H-pyrrole nitrogens is 1. The van der Waals surface area contributed by atoms with Gasteiger partial charge in [-0.05, 0) is 24.6 Å². The van der Waals surface area contributed by atoms with E-state index in [0.29, 0.717) is 38.3 Å². The van der Waals surface area contributed by atoms with Gasteiger partial charge in [-0.1, -0.05) is 13.0 Å². The fourth-order valence-electron chi connectivity index (χ4n) is 3.53. The lowest BCUT2D eigenvalue weighted by atomic mass is 10.1. The van der Waals surface area contributed by atoms with Crippen LogP contribution in [0.2, 0.25) is 0 Å². The number of pyridine rings is 1. The maximum Gasteiger partial charge on any atom is 0.356 e. The Balaban J connectivity index is 1.53. The van der Waals surface area contributed by atoms with Crippen molar-refractivity contribution in [3.05, 3.63) is 63.6 Å². The number of aromatic nitrogens is 3. The lowest BCUT2D eigenvalue weighted by molar-refractivity contribution is 0.0594. The molecule has 1 N–H and O–H groups in total. The Morgan fingerprint density at radius 2 is 2.03 bits per heavy atom. The van der Waals surface area contributed by atoms with Crippen LogP contribution >= 0.6 is 0 Å². The van der Waals surface area contributed by atoms with Crippen molar-refractivity contribution in [2.24, 2.45) is 0 Å². The molecule has 8 nitrogen and oxygen atoms in total. The van der Waals surface area contributed by atoms with Gasteiger partial charge in [0, 0.05) is 41.0 Å². The number of rotatable bonds is 5. The van der Waals surface area contributed by atoms with Crippen molar-refractivity contribution in [3.63, 3.8) is 0 Å². The highest BCUT2D eigenvalue weighted by Crippen LogP contribution is 2.21.